The molecule has 1 rings (SSSR count). The number of carboxylic acid groups (broad SMARTS) is 3. The molecule has 0 spiro atoms. The van der Waals surface area contributed by atoms with Gasteiger partial charge in [0.1, 0.15) is 12.6 Å². The molecule has 0 aromatic heterocycles. The van der Waals surface area contributed by atoms with Gasteiger partial charge in [0, 0.05) is 33.5 Å². The number of aliphatic carboxylic acids is 3. The van der Waals surface area contributed by atoms with Crippen LogP contribution in [0.3, 0.4) is 0 Å². The van der Waals surface area contributed by atoms with Crippen molar-refractivity contribution in [2.75, 3.05) is 27.2 Å². The molecule has 0 bridgehead atoms. The Morgan fingerprint density at radius 2 is 1.42 bits per heavy atom. The van der Waals surface area contributed by atoms with Gasteiger partial charge in [0.15, 0.2) is 0 Å². The van der Waals surface area contributed by atoms with Gasteiger partial charge in [-0.15, -0.1) is 0 Å². The van der Waals surface area contributed by atoms with Crippen LogP contribution in [0.1, 0.15) is 59.4 Å². The minimum atomic E-state index is -1.35. The lowest BCUT2D eigenvalue weighted by atomic mass is 10.1. The van der Waals surface area contributed by atoms with Crippen molar-refractivity contribution in [2.24, 2.45) is 0 Å². The zero-order valence-electron chi connectivity index (χ0n) is 22.5. The van der Waals surface area contributed by atoms with Crippen LogP contribution in [-0.4, -0.2) is 88.2 Å². The van der Waals surface area contributed by atoms with Gasteiger partial charge >= 0.3 is 23.9 Å². The number of likely N-dealkylation sites (N-methyl/N-ethyl adjacent to an activating group) is 2. The summed E-state index contributed by atoms with van der Waals surface area (Å²) in [7, 11) is 2.39. The van der Waals surface area contributed by atoms with Gasteiger partial charge in [-0.3, -0.25) is 14.4 Å². The zero-order chi connectivity index (χ0) is 28.7. The molecule has 11 heteroatoms. The molecule has 0 heterocycles. The Hall–Kier alpha value is -3.63. The molecular weight excluding hydrogens is 470 g/mol. The summed E-state index contributed by atoms with van der Waals surface area (Å²) in [6, 6.07) is 8.03. The summed E-state index contributed by atoms with van der Waals surface area (Å²) in [5.74, 6) is -3.63. The Kier molecular flexibility index (Phi) is 23.7. The van der Waals surface area contributed by atoms with E-state index in [1.807, 2.05) is 52.8 Å². The third-order valence-electron chi connectivity index (χ3n) is 4.28. The van der Waals surface area contributed by atoms with Crippen molar-refractivity contribution in [3.8, 4) is 0 Å². The fraction of sp³-hybridized carbons (Fsp3) is 0.560. The maximum absolute atomic E-state index is 11.7. The summed E-state index contributed by atoms with van der Waals surface area (Å²) in [6.07, 6.45) is 0.812. The molecule has 1 aromatic rings. The van der Waals surface area contributed by atoms with Gasteiger partial charge in [0.05, 0.1) is 0 Å². The predicted octanol–water partition coefficient (Wildman–Crippen LogP) is 3.18. The maximum atomic E-state index is 11.7. The van der Waals surface area contributed by atoms with Gasteiger partial charge in [-0.05, 0) is 18.4 Å². The molecular formula is C25H43N3O8. The van der Waals surface area contributed by atoms with E-state index in [2.05, 4.69) is 17.4 Å². The second-order valence-corrected chi connectivity index (χ2v) is 6.87. The fourth-order valence-electron chi connectivity index (χ4n) is 2.53. The Morgan fingerprint density at radius 3 is 1.83 bits per heavy atom. The molecule has 0 radical (unpaired) electrons. The summed E-state index contributed by atoms with van der Waals surface area (Å²) >= 11 is 0. The lowest BCUT2D eigenvalue weighted by molar-refractivity contribution is -0.143. The van der Waals surface area contributed by atoms with Gasteiger partial charge in [0.25, 0.3) is 0 Å². The predicted molar refractivity (Wildman–Crippen MR) is 138 cm³/mol. The van der Waals surface area contributed by atoms with Crippen LogP contribution in [0.25, 0.3) is 0 Å². The number of hydrogen-bond acceptors (Lipinski definition) is 5. The number of nitrogens with zero attached hydrogens (tertiary/aromatic N) is 2. The van der Waals surface area contributed by atoms with E-state index in [0.717, 1.165) is 22.8 Å². The minimum Gasteiger partial charge on any atom is -0.481 e. The molecule has 1 atom stereocenters. The van der Waals surface area contributed by atoms with Gasteiger partial charge in [0.2, 0.25) is 5.91 Å². The van der Waals surface area contributed by atoms with Crippen molar-refractivity contribution in [2.45, 2.75) is 66.3 Å². The molecule has 206 valence electrons. The molecule has 0 aliphatic carbocycles. The van der Waals surface area contributed by atoms with Crippen LogP contribution in [-0.2, 0) is 25.6 Å². The summed E-state index contributed by atoms with van der Waals surface area (Å²) in [6.45, 7) is 10.0. The number of rotatable bonds is 11. The smallest absolute Gasteiger partial charge is 0.326 e. The second-order valence-electron chi connectivity index (χ2n) is 6.87. The standard InChI is InChI=1S/C11H15NO.C10H16N2O7.2C2H6/c1-2-11(13)12-9-8-10-6-4-3-5-7-10;1-11(5-8(15)16)10(19)12(2)6(9(17)18)3-4-7(13)14;2*1-2/h3-7H,2,8-9H2,1H3,(H,12,13);6H,3-5H2,1-2H3,(H,13,14)(H,15,16)(H,17,18);2*1-2H3. The van der Waals surface area contributed by atoms with Crippen LogP contribution in [0.15, 0.2) is 30.3 Å². The molecule has 1 aromatic carbocycles. The van der Waals surface area contributed by atoms with Gasteiger partial charge < -0.3 is 30.4 Å². The number of carboxylic acids is 3. The number of carbonyl (C=O) groups is 5. The number of benzene rings is 1. The quantitative estimate of drug-likeness (QED) is 0.350. The number of urea groups is 1. The van der Waals surface area contributed by atoms with E-state index >= 15 is 0 Å². The molecule has 3 amide bonds. The highest BCUT2D eigenvalue weighted by molar-refractivity contribution is 5.85. The third kappa shape index (κ3) is 18.8. The molecule has 0 aliphatic heterocycles. The molecule has 0 aliphatic rings. The van der Waals surface area contributed by atoms with E-state index in [1.165, 1.54) is 19.7 Å². The highest BCUT2D eigenvalue weighted by atomic mass is 16.4. The van der Waals surface area contributed by atoms with E-state index in [0.29, 0.717) is 6.42 Å². The van der Waals surface area contributed by atoms with Gasteiger partial charge in [-0.1, -0.05) is 65.0 Å². The summed E-state index contributed by atoms with van der Waals surface area (Å²) in [4.78, 5) is 56.1. The van der Waals surface area contributed by atoms with Crippen LogP contribution in [0.5, 0.6) is 0 Å². The number of nitrogens with one attached hydrogen (secondary N) is 1. The molecule has 4 N–H and O–H groups in total. The normalized spacial score (nSPS) is 9.86. The molecule has 0 saturated carbocycles. The van der Waals surface area contributed by atoms with Crippen LogP contribution < -0.4 is 5.32 Å². The molecule has 11 nitrogen and oxygen atoms in total. The number of amides is 3. The second kappa shape index (κ2) is 23.1. The topological polar surface area (TPSA) is 165 Å². The first-order valence-electron chi connectivity index (χ1n) is 11.9. The monoisotopic (exact) mass is 513 g/mol. The van der Waals surface area contributed by atoms with Crippen LogP contribution in [0.4, 0.5) is 4.79 Å². The molecule has 0 saturated heterocycles. The van der Waals surface area contributed by atoms with Crippen molar-refractivity contribution in [3.05, 3.63) is 35.9 Å². The molecule has 36 heavy (non-hydrogen) atoms. The van der Waals surface area contributed by atoms with E-state index in [4.69, 9.17) is 15.3 Å². The Morgan fingerprint density at radius 1 is 0.889 bits per heavy atom. The average Bonchev–Trinajstić information content (AvgIpc) is 2.86. The average molecular weight is 514 g/mol. The van der Waals surface area contributed by atoms with Crippen LogP contribution >= 0.6 is 0 Å². The fourth-order valence-corrected chi connectivity index (χ4v) is 2.53. The third-order valence-corrected chi connectivity index (χ3v) is 4.28. The SMILES string of the molecule is CC.CC.CCC(=O)NCCc1ccccc1.CN(CC(=O)O)C(=O)N(C)C(CCC(=O)O)C(=O)O. The number of hydrogen-bond donors (Lipinski definition) is 4. The highest BCUT2D eigenvalue weighted by Crippen LogP contribution is 2.08. The molecule has 0 fully saturated rings. The highest BCUT2D eigenvalue weighted by Gasteiger charge is 2.29. The summed E-state index contributed by atoms with van der Waals surface area (Å²) in [5.41, 5.74) is 1.26. The lowest BCUT2D eigenvalue weighted by Gasteiger charge is -2.28. The first-order valence-corrected chi connectivity index (χ1v) is 11.9. The van der Waals surface area contributed by atoms with Crippen molar-refractivity contribution in [3.63, 3.8) is 0 Å². The van der Waals surface area contributed by atoms with Crippen molar-refractivity contribution < 1.29 is 39.3 Å². The number of carbonyl (C=O) groups excluding carboxylic acids is 2. The summed E-state index contributed by atoms with van der Waals surface area (Å²) in [5, 5.41) is 28.8. The Labute approximate surface area is 214 Å². The van der Waals surface area contributed by atoms with E-state index in [1.54, 1.807) is 0 Å². The Balaban J connectivity index is -0.000000555. The van der Waals surface area contributed by atoms with Crippen LogP contribution in [0.2, 0.25) is 0 Å². The first-order chi connectivity index (χ1) is 17.0. The van der Waals surface area contributed by atoms with Crippen molar-refractivity contribution in [1.82, 2.24) is 15.1 Å². The first kappa shape index (κ1) is 36.9. The zero-order valence-corrected chi connectivity index (χ0v) is 22.5. The summed E-state index contributed by atoms with van der Waals surface area (Å²) < 4.78 is 0. The van der Waals surface area contributed by atoms with E-state index in [-0.39, 0.29) is 12.3 Å². The minimum absolute atomic E-state index is 0.121. The lowest BCUT2D eigenvalue weighted by Crippen LogP contribution is -2.49. The maximum Gasteiger partial charge on any atom is 0.326 e. The van der Waals surface area contributed by atoms with Crippen LogP contribution in [0, 0.1) is 0 Å². The van der Waals surface area contributed by atoms with Crippen molar-refractivity contribution in [1.29, 1.82) is 0 Å². The van der Waals surface area contributed by atoms with Crippen molar-refractivity contribution >= 4 is 29.8 Å². The van der Waals surface area contributed by atoms with Gasteiger partial charge in [-0.25, -0.2) is 9.59 Å². The molecule has 1 unspecified atom stereocenters. The Bertz CT molecular complexity index is 772. The van der Waals surface area contributed by atoms with E-state index in [9.17, 15) is 24.0 Å². The van der Waals surface area contributed by atoms with E-state index < -0.39 is 42.9 Å². The largest absolute Gasteiger partial charge is 0.481 e. The van der Waals surface area contributed by atoms with Gasteiger partial charge in [-0.2, -0.15) is 0 Å².